The van der Waals surface area contributed by atoms with Gasteiger partial charge in [0.2, 0.25) is 5.91 Å². The summed E-state index contributed by atoms with van der Waals surface area (Å²) in [6, 6.07) is 1.38. The molecular weight excluding hydrogens is 312 g/mol. The molecule has 3 fully saturated rings. The Labute approximate surface area is 147 Å². The molecule has 0 aromatic carbocycles. The van der Waals surface area contributed by atoms with Crippen molar-refractivity contribution in [2.75, 3.05) is 19.7 Å². The Kier molecular flexibility index (Phi) is 7.64. The predicted octanol–water partition coefficient (Wildman–Crippen LogP) is 3.14. The Morgan fingerprint density at radius 1 is 1.13 bits per heavy atom. The normalized spacial score (nSPS) is 33.9. The molecule has 23 heavy (non-hydrogen) atoms. The molecule has 2 bridgehead atoms. The first-order valence-corrected chi connectivity index (χ1v) is 9.40. The number of hydrogen-bond donors (Lipinski definition) is 1. The van der Waals surface area contributed by atoms with Crippen LogP contribution in [0.1, 0.15) is 64.7 Å². The minimum Gasteiger partial charge on any atom is -0.378 e. The maximum atomic E-state index is 12.6. The number of piperidine rings is 1. The molecule has 3 saturated heterocycles. The summed E-state index contributed by atoms with van der Waals surface area (Å²) in [6.45, 7) is 4.84. The standard InChI is InChI=1S/C18H32N2O2.ClH/c1-2-10-22-17-4-3-8-20(9-7-17)18(21)13-14-11-15-5-6-16(12-14)19-15;/h14-17,19H,2-13H2,1H3;1H. The highest BCUT2D eigenvalue weighted by Crippen LogP contribution is 2.33. The van der Waals surface area contributed by atoms with E-state index in [2.05, 4.69) is 17.1 Å². The molecule has 3 heterocycles. The van der Waals surface area contributed by atoms with Crippen LogP contribution in [-0.2, 0) is 9.53 Å². The highest BCUT2D eigenvalue weighted by Gasteiger charge is 2.35. The lowest BCUT2D eigenvalue weighted by molar-refractivity contribution is -0.132. The molecule has 4 nitrogen and oxygen atoms in total. The lowest BCUT2D eigenvalue weighted by Gasteiger charge is -2.30. The van der Waals surface area contributed by atoms with Gasteiger partial charge >= 0.3 is 0 Å². The first-order valence-electron chi connectivity index (χ1n) is 9.40. The van der Waals surface area contributed by atoms with Crippen LogP contribution in [0.2, 0.25) is 0 Å². The van der Waals surface area contributed by atoms with Crippen LogP contribution < -0.4 is 5.32 Å². The molecule has 3 rings (SSSR count). The minimum absolute atomic E-state index is 0. The lowest BCUT2D eigenvalue weighted by Crippen LogP contribution is -2.40. The van der Waals surface area contributed by atoms with Crippen LogP contribution in [0.15, 0.2) is 0 Å². The second-order valence-electron chi connectivity index (χ2n) is 7.48. The molecule has 0 radical (unpaired) electrons. The second-order valence-corrected chi connectivity index (χ2v) is 7.48. The van der Waals surface area contributed by atoms with Gasteiger partial charge in [-0.2, -0.15) is 0 Å². The molecule has 3 atom stereocenters. The van der Waals surface area contributed by atoms with Gasteiger partial charge < -0.3 is 15.0 Å². The molecule has 5 heteroatoms. The summed E-state index contributed by atoms with van der Waals surface area (Å²) >= 11 is 0. The molecule has 3 aliphatic rings. The first kappa shape index (κ1) is 19.0. The third kappa shape index (κ3) is 5.33. The molecule has 0 aliphatic carbocycles. The summed E-state index contributed by atoms with van der Waals surface area (Å²) in [7, 11) is 0. The summed E-state index contributed by atoms with van der Waals surface area (Å²) in [5, 5.41) is 3.67. The molecule has 3 aliphatic heterocycles. The third-order valence-corrected chi connectivity index (χ3v) is 5.62. The number of carbonyl (C=O) groups is 1. The van der Waals surface area contributed by atoms with E-state index in [4.69, 9.17) is 4.74 Å². The van der Waals surface area contributed by atoms with Crippen LogP contribution >= 0.6 is 12.4 Å². The molecule has 1 amide bonds. The van der Waals surface area contributed by atoms with Gasteiger partial charge in [-0.1, -0.05) is 6.92 Å². The van der Waals surface area contributed by atoms with Crippen molar-refractivity contribution in [3.05, 3.63) is 0 Å². The van der Waals surface area contributed by atoms with Gasteiger partial charge in [-0.05, 0) is 57.3 Å². The molecular formula is C18H33ClN2O2. The number of hydrogen-bond acceptors (Lipinski definition) is 3. The Morgan fingerprint density at radius 2 is 1.87 bits per heavy atom. The van der Waals surface area contributed by atoms with E-state index in [-0.39, 0.29) is 12.4 Å². The number of ether oxygens (including phenoxy) is 1. The Bertz CT molecular complexity index is 368. The number of rotatable bonds is 5. The van der Waals surface area contributed by atoms with Crippen LogP contribution in [0.4, 0.5) is 0 Å². The molecule has 1 N–H and O–H groups in total. The zero-order chi connectivity index (χ0) is 15.4. The van der Waals surface area contributed by atoms with Crippen LogP contribution in [0.25, 0.3) is 0 Å². The fraction of sp³-hybridized carbons (Fsp3) is 0.944. The van der Waals surface area contributed by atoms with E-state index in [1.54, 1.807) is 0 Å². The second kappa shape index (κ2) is 9.24. The lowest BCUT2D eigenvalue weighted by atomic mass is 9.89. The maximum absolute atomic E-state index is 12.6. The maximum Gasteiger partial charge on any atom is 0.222 e. The van der Waals surface area contributed by atoms with Gasteiger partial charge in [0, 0.05) is 38.2 Å². The average Bonchev–Trinajstić information content (AvgIpc) is 2.73. The minimum atomic E-state index is 0. The van der Waals surface area contributed by atoms with E-state index in [0.29, 0.717) is 30.0 Å². The van der Waals surface area contributed by atoms with Gasteiger partial charge in [0.05, 0.1) is 6.10 Å². The highest BCUT2D eigenvalue weighted by molar-refractivity contribution is 5.85. The summed E-state index contributed by atoms with van der Waals surface area (Å²) < 4.78 is 5.88. The number of halogens is 1. The highest BCUT2D eigenvalue weighted by atomic mass is 35.5. The summed E-state index contributed by atoms with van der Waals surface area (Å²) in [5.74, 6) is 1.00. The van der Waals surface area contributed by atoms with E-state index >= 15 is 0 Å². The van der Waals surface area contributed by atoms with Crippen molar-refractivity contribution in [3.63, 3.8) is 0 Å². The van der Waals surface area contributed by atoms with E-state index in [1.807, 2.05) is 0 Å². The number of amides is 1. The quantitative estimate of drug-likeness (QED) is 0.833. The Morgan fingerprint density at radius 3 is 2.57 bits per heavy atom. The SMILES string of the molecule is CCCOC1CCCN(C(=O)CC2CC3CCC(C2)N3)CC1.Cl. The van der Waals surface area contributed by atoms with Crippen molar-refractivity contribution in [1.82, 2.24) is 10.2 Å². The van der Waals surface area contributed by atoms with Crippen LogP contribution in [0, 0.1) is 5.92 Å². The Hall–Kier alpha value is -0.320. The molecule has 0 saturated carbocycles. The molecule has 0 aromatic rings. The molecule has 0 spiro atoms. The van der Waals surface area contributed by atoms with Crippen molar-refractivity contribution in [2.24, 2.45) is 5.92 Å². The van der Waals surface area contributed by atoms with Gasteiger partial charge in [0.1, 0.15) is 0 Å². The van der Waals surface area contributed by atoms with Crippen molar-refractivity contribution in [3.8, 4) is 0 Å². The van der Waals surface area contributed by atoms with Gasteiger partial charge in [0.25, 0.3) is 0 Å². The van der Waals surface area contributed by atoms with E-state index in [9.17, 15) is 4.79 Å². The topological polar surface area (TPSA) is 41.6 Å². The average molecular weight is 345 g/mol. The number of fused-ring (bicyclic) bond motifs is 2. The number of nitrogens with one attached hydrogen (secondary N) is 1. The van der Waals surface area contributed by atoms with Crippen molar-refractivity contribution in [1.29, 1.82) is 0 Å². The summed E-state index contributed by atoms with van der Waals surface area (Å²) in [4.78, 5) is 14.7. The molecule has 134 valence electrons. The third-order valence-electron chi connectivity index (χ3n) is 5.62. The van der Waals surface area contributed by atoms with Crippen molar-refractivity contribution in [2.45, 2.75) is 82.9 Å². The zero-order valence-electron chi connectivity index (χ0n) is 14.5. The summed E-state index contributed by atoms with van der Waals surface area (Å²) in [6.07, 6.45) is 10.5. The molecule has 3 unspecified atom stereocenters. The van der Waals surface area contributed by atoms with Gasteiger partial charge in [-0.3, -0.25) is 4.79 Å². The smallest absolute Gasteiger partial charge is 0.222 e. The first-order chi connectivity index (χ1) is 10.7. The van der Waals surface area contributed by atoms with E-state index < -0.39 is 0 Å². The Balaban J connectivity index is 0.00000192. The van der Waals surface area contributed by atoms with E-state index in [1.165, 1.54) is 25.7 Å². The predicted molar refractivity (Wildman–Crippen MR) is 95.0 cm³/mol. The fourth-order valence-electron chi connectivity index (χ4n) is 4.48. The summed E-state index contributed by atoms with van der Waals surface area (Å²) in [5.41, 5.74) is 0. The fourth-order valence-corrected chi connectivity index (χ4v) is 4.48. The van der Waals surface area contributed by atoms with Crippen LogP contribution in [0.5, 0.6) is 0 Å². The number of carbonyl (C=O) groups excluding carboxylic acids is 1. The van der Waals surface area contributed by atoms with E-state index in [0.717, 1.165) is 51.8 Å². The number of nitrogens with zero attached hydrogens (tertiary/aromatic N) is 1. The van der Waals surface area contributed by atoms with Crippen molar-refractivity contribution < 1.29 is 9.53 Å². The largest absolute Gasteiger partial charge is 0.378 e. The van der Waals surface area contributed by atoms with Crippen LogP contribution in [-0.4, -0.2) is 48.7 Å². The zero-order valence-corrected chi connectivity index (χ0v) is 15.3. The van der Waals surface area contributed by atoms with Gasteiger partial charge in [-0.15, -0.1) is 12.4 Å². The molecule has 0 aromatic heterocycles. The van der Waals surface area contributed by atoms with Gasteiger partial charge in [0.15, 0.2) is 0 Å². The van der Waals surface area contributed by atoms with Crippen molar-refractivity contribution >= 4 is 18.3 Å². The van der Waals surface area contributed by atoms with Crippen LogP contribution in [0.3, 0.4) is 0 Å². The monoisotopic (exact) mass is 344 g/mol. The van der Waals surface area contributed by atoms with Gasteiger partial charge in [-0.25, -0.2) is 0 Å². The number of likely N-dealkylation sites (tertiary alicyclic amines) is 1.